The Labute approximate surface area is 128 Å². The largest absolute Gasteiger partial charge is 0.264 e. The molecule has 0 bridgehead atoms. The van der Waals surface area contributed by atoms with Crippen molar-refractivity contribution >= 4 is 28.7 Å². The van der Waals surface area contributed by atoms with Crippen molar-refractivity contribution in [1.29, 1.82) is 0 Å². The van der Waals surface area contributed by atoms with Gasteiger partial charge in [-0.05, 0) is 35.8 Å². The van der Waals surface area contributed by atoms with Crippen LogP contribution in [0.3, 0.4) is 0 Å². The van der Waals surface area contributed by atoms with E-state index in [4.69, 9.17) is 16.6 Å². The van der Waals surface area contributed by atoms with Gasteiger partial charge in [0.25, 0.3) is 0 Å². The summed E-state index contributed by atoms with van der Waals surface area (Å²) >= 11 is 6.21. The normalized spacial score (nSPS) is 26.5. The number of amidine groups is 1. The van der Waals surface area contributed by atoms with Crippen LogP contribution in [0.4, 0.5) is 0 Å². The maximum absolute atomic E-state index is 6.21. The molecule has 0 aromatic heterocycles. The van der Waals surface area contributed by atoms with Crippen molar-refractivity contribution in [1.82, 2.24) is 5.43 Å². The molecule has 3 nitrogen and oxygen atoms in total. The van der Waals surface area contributed by atoms with Crippen molar-refractivity contribution in [2.24, 2.45) is 16.0 Å². The average Bonchev–Trinajstić information content (AvgIpc) is 2.87. The second-order valence-corrected chi connectivity index (χ2v) is 5.82. The predicted octanol–water partition coefficient (Wildman–Crippen LogP) is 3.51. The molecular formula is C17H14ClN3. The summed E-state index contributed by atoms with van der Waals surface area (Å²) in [5, 5.41) is 5.10. The number of dihydropyridines is 1. The topological polar surface area (TPSA) is 36.8 Å². The van der Waals surface area contributed by atoms with Crippen LogP contribution in [0.1, 0.15) is 12.5 Å². The van der Waals surface area contributed by atoms with Gasteiger partial charge < -0.3 is 0 Å². The van der Waals surface area contributed by atoms with E-state index < -0.39 is 0 Å². The molecule has 0 amide bonds. The standard InChI is InChI=1S/C17H14ClN3/c1-10-15-16(11-5-3-2-4-6-11)13-9-12(18)7-8-14(13)19-17(15)21-20-10/h2-9,14-15H,1H3,(H,19,21)/t14-,15+/m1/s1. The lowest BCUT2D eigenvalue weighted by atomic mass is 9.80. The Bertz CT molecular complexity index is 753. The number of rotatable bonds is 1. The number of nitrogens with one attached hydrogen (secondary N) is 1. The molecular weight excluding hydrogens is 282 g/mol. The smallest absolute Gasteiger partial charge is 0.131 e. The summed E-state index contributed by atoms with van der Waals surface area (Å²) in [7, 11) is 0. The molecule has 1 aromatic rings. The Morgan fingerprint density at radius 1 is 1.19 bits per heavy atom. The summed E-state index contributed by atoms with van der Waals surface area (Å²) < 4.78 is 0. The first kappa shape index (κ1) is 12.6. The van der Waals surface area contributed by atoms with E-state index in [0.717, 1.165) is 16.6 Å². The van der Waals surface area contributed by atoms with Crippen molar-refractivity contribution in [3.63, 3.8) is 0 Å². The fraction of sp³-hybridized carbons (Fsp3) is 0.176. The lowest BCUT2D eigenvalue weighted by molar-refractivity contribution is 0.893. The monoisotopic (exact) mass is 295 g/mol. The van der Waals surface area contributed by atoms with Gasteiger partial charge in [0, 0.05) is 5.03 Å². The van der Waals surface area contributed by atoms with Crippen LogP contribution in [0.15, 0.2) is 69.3 Å². The minimum atomic E-state index is 0.0163. The highest BCUT2D eigenvalue weighted by atomic mass is 35.5. The van der Waals surface area contributed by atoms with Crippen molar-refractivity contribution in [2.45, 2.75) is 13.0 Å². The molecule has 4 heteroatoms. The van der Waals surface area contributed by atoms with Gasteiger partial charge >= 0.3 is 0 Å². The third-order valence-corrected chi connectivity index (χ3v) is 4.29. The van der Waals surface area contributed by atoms with E-state index in [9.17, 15) is 0 Å². The van der Waals surface area contributed by atoms with Gasteiger partial charge in [-0.3, -0.25) is 10.4 Å². The molecule has 0 radical (unpaired) electrons. The number of benzene rings is 1. The number of hydrogen-bond donors (Lipinski definition) is 1. The molecule has 1 N–H and O–H groups in total. The molecule has 0 spiro atoms. The van der Waals surface area contributed by atoms with E-state index in [1.54, 1.807) is 0 Å². The van der Waals surface area contributed by atoms with E-state index in [1.807, 2.05) is 31.2 Å². The molecule has 1 aromatic carbocycles. The Morgan fingerprint density at radius 2 is 2.00 bits per heavy atom. The fourth-order valence-corrected chi connectivity index (χ4v) is 3.30. The SMILES string of the molecule is CC1=NNC2=N[C@@H]3C=CC(Cl)=CC3=C(c3ccccc3)[C@H]12. The third-order valence-electron chi connectivity index (χ3n) is 4.05. The van der Waals surface area contributed by atoms with Gasteiger partial charge in [0.15, 0.2) is 0 Å². The maximum Gasteiger partial charge on any atom is 0.131 e. The molecule has 1 aliphatic carbocycles. The van der Waals surface area contributed by atoms with Crippen LogP contribution >= 0.6 is 11.6 Å². The molecule has 0 fully saturated rings. The van der Waals surface area contributed by atoms with Crippen LogP contribution < -0.4 is 5.43 Å². The number of halogens is 1. The van der Waals surface area contributed by atoms with Gasteiger partial charge in [-0.2, -0.15) is 5.10 Å². The summed E-state index contributed by atoms with van der Waals surface area (Å²) in [6.07, 6.45) is 5.98. The van der Waals surface area contributed by atoms with Gasteiger partial charge in [-0.25, -0.2) is 0 Å². The Morgan fingerprint density at radius 3 is 2.81 bits per heavy atom. The van der Waals surface area contributed by atoms with Crippen molar-refractivity contribution < 1.29 is 0 Å². The van der Waals surface area contributed by atoms with Gasteiger partial charge in [0.05, 0.1) is 17.7 Å². The van der Waals surface area contributed by atoms with Crippen LogP contribution in [0.25, 0.3) is 5.57 Å². The molecule has 0 unspecified atom stereocenters. The minimum Gasteiger partial charge on any atom is -0.264 e. The number of fused-ring (bicyclic) bond motifs is 2. The van der Waals surface area contributed by atoms with Gasteiger partial charge in [0.1, 0.15) is 5.84 Å². The number of allylic oxidation sites excluding steroid dienone is 2. The van der Waals surface area contributed by atoms with Crippen LogP contribution in [-0.4, -0.2) is 17.6 Å². The van der Waals surface area contributed by atoms with E-state index in [2.05, 4.69) is 34.8 Å². The molecule has 4 rings (SSSR count). The second kappa shape index (κ2) is 4.71. The summed E-state index contributed by atoms with van der Waals surface area (Å²) in [6.45, 7) is 2.04. The average molecular weight is 296 g/mol. The van der Waals surface area contributed by atoms with Crippen LogP contribution in [0, 0.1) is 5.92 Å². The lowest BCUT2D eigenvalue weighted by Gasteiger charge is -2.29. The lowest BCUT2D eigenvalue weighted by Crippen LogP contribution is -2.32. The quantitative estimate of drug-likeness (QED) is 0.846. The molecule has 104 valence electrons. The van der Waals surface area contributed by atoms with Gasteiger partial charge in [-0.1, -0.05) is 48.0 Å². The molecule has 2 atom stereocenters. The van der Waals surface area contributed by atoms with Crippen LogP contribution in [0.5, 0.6) is 0 Å². The maximum atomic E-state index is 6.21. The van der Waals surface area contributed by atoms with E-state index in [0.29, 0.717) is 0 Å². The Kier molecular flexibility index (Phi) is 2.82. The van der Waals surface area contributed by atoms with E-state index >= 15 is 0 Å². The van der Waals surface area contributed by atoms with Crippen LogP contribution in [-0.2, 0) is 0 Å². The first-order chi connectivity index (χ1) is 10.2. The third kappa shape index (κ3) is 1.96. The van der Waals surface area contributed by atoms with Crippen molar-refractivity contribution in [2.75, 3.05) is 0 Å². The second-order valence-electron chi connectivity index (χ2n) is 5.38. The number of hydrazone groups is 1. The molecule has 0 saturated heterocycles. The fourth-order valence-electron chi connectivity index (χ4n) is 3.11. The number of hydrogen-bond acceptors (Lipinski definition) is 3. The van der Waals surface area contributed by atoms with Crippen LogP contribution in [0.2, 0.25) is 0 Å². The molecule has 3 aliphatic rings. The van der Waals surface area contributed by atoms with E-state index in [-0.39, 0.29) is 12.0 Å². The first-order valence-corrected chi connectivity index (χ1v) is 7.34. The highest BCUT2D eigenvalue weighted by Gasteiger charge is 2.37. The highest BCUT2D eigenvalue weighted by Crippen LogP contribution is 2.39. The van der Waals surface area contributed by atoms with Gasteiger partial charge in [-0.15, -0.1) is 0 Å². The Balaban J connectivity index is 1.96. The zero-order valence-corrected chi connectivity index (χ0v) is 12.3. The summed E-state index contributed by atoms with van der Waals surface area (Å²) in [6, 6.07) is 10.4. The zero-order valence-electron chi connectivity index (χ0n) is 11.5. The molecule has 2 heterocycles. The zero-order chi connectivity index (χ0) is 14.4. The summed E-state index contributed by atoms with van der Waals surface area (Å²) in [4.78, 5) is 4.77. The first-order valence-electron chi connectivity index (χ1n) is 6.97. The summed E-state index contributed by atoms with van der Waals surface area (Å²) in [5.74, 6) is 1.03. The number of nitrogens with zero attached hydrogens (tertiary/aromatic N) is 2. The number of aliphatic imine (C=N–C) groups is 1. The van der Waals surface area contributed by atoms with Gasteiger partial charge in [0.2, 0.25) is 0 Å². The highest BCUT2D eigenvalue weighted by molar-refractivity contribution is 6.31. The van der Waals surface area contributed by atoms with E-state index in [1.165, 1.54) is 16.7 Å². The molecule has 0 saturated carbocycles. The molecule has 2 aliphatic heterocycles. The minimum absolute atomic E-state index is 0.0163. The predicted molar refractivity (Wildman–Crippen MR) is 87.4 cm³/mol. The Hall–Kier alpha value is -2.13. The van der Waals surface area contributed by atoms with Crippen molar-refractivity contribution in [3.05, 3.63) is 64.7 Å². The molecule has 21 heavy (non-hydrogen) atoms. The van der Waals surface area contributed by atoms with Crippen molar-refractivity contribution in [3.8, 4) is 0 Å². The summed E-state index contributed by atoms with van der Waals surface area (Å²) in [5.41, 5.74) is 7.72.